The molecule has 0 aromatic carbocycles. The molecule has 0 spiro atoms. The highest BCUT2D eigenvalue weighted by atomic mass is 16.6. The Bertz CT molecular complexity index is 1260. The van der Waals surface area contributed by atoms with Gasteiger partial charge in [0.15, 0.2) is 0 Å². The Balaban J connectivity index is 0.880. The number of allylic oxidation sites excluding steroid dienone is 3. The molecule has 0 aromatic rings. The molecule has 5 heteroatoms. The Hall–Kier alpha value is -0.720. The normalized spacial score (nSPS) is 29.5. The van der Waals surface area contributed by atoms with Gasteiger partial charge < -0.3 is 23.8 Å². The van der Waals surface area contributed by atoms with E-state index < -0.39 is 0 Å². The van der Waals surface area contributed by atoms with E-state index in [0.717, 1.165) is 74.7 Å². The largest absolute Gasteiger partial charge is 0.379 e. The van der Waals surface area contributed by atoms with Gasteiger partial charge in [-0.25, -0.2) is 0 Å². The first-order chi connectivity index (χ1) is 31.2. The lowest BCUT2D eigenvalue weighted by Crippen LogP contribution is -2.51. The van der Waals surface area contributed by atoms with E-state index in [1.54, 1.807) is 5.57 Å². The van der Waals surface area contributed by atoms with Crippen LogP contribution in [0.1, 0.15) is 234 Å². The van der Waals surface area contributed by atoms with Gasteiger partial charge in [-0.05, 0) is 169 Å². The van der Waals surface area contributed by atoms with Gasteiger partial charge in [0.05, 0.1) is 32.0 Å². The number of piperidine rings is 1. The first kappa shape index (κ1) is 54.2. The summed E-state index contributed by atoms with van der Waals surface area (Å²) in [6, 6.07) is 0. The highest BCUT2D eigenvalue weighted by Gasteiger charge is 2.59. The number of ether oxygens (including phenoxy) is 4. The van der Waals surface area contributed by atoms with Crippen molar-refractivity contribution in [3.8, 4) is 0 Å². The molecule has 0 bridgehead atoms. The fraction of sp³-hybridized carbons (Fsp3) is 0.932. The molecule has 5 aliphatic rings. The Morgan fingerprint density at radius 2 is 1.36 bits per heavy atom. The molecular weight excluding hydrogens is 787 g/mol. The lowest BCUT2D eigenvalue weighted by molar-refractivity contribution is -0.0647. The second-order valence-electron chi connectivity index (χ2n) is 23.2. The van der Waals surface area contributed by atoms with Crippen molar-refractivity contribution in [2.45, 2.75) is 246 Å². The molecule has 1 heterocycles. The van der Waals surface area contributed by atoms with Crippen LogP contribution in [0.5, 0.6) is 0 Å². The predicted molar refractivity (Wildman–Crippen MR) is 273 cm³/mol. The van der Waals surface area contributed by atoms with Crippen molar-refractivity contribution in [3.63, 3.8) is 0 Å². The van der Waals surface area contributed by atoms with Crippen LogP contribution in [0.3, 0.4) is 0 Å². The summed E-state index contributed by atoms with van der Waals surface area (Å²) in [6.07, 6.45) is 48.3. The minimum Gasteiger partial charge on any atom is -0.379 e. The molecule has 0 amide bonds. The van der Waals surface area contributed by atoms with E-state index in [4.69, 9.17) is 18.9 Å². The van der Waals surface area contributed by atoms with Crippen LogP contribution in [0, 0.1) is 46.3 Å². The van der Waals surface area contributed by atoms with Crippen LogP contribution in [-0.2, 0) is 18.9 Å². The van der Waals surface area contributed by atoms with Gasteiger partial charge in [-0.3, -0.25) is 0 Å². The van der Waals surface area contributed by atoms with E-state index in [0.29, 0.717) is 36.8 Å². The van der Waals surface area contributed by atoms with Crippen molar-refractivity contribution < 1.29 is 18.9 Å². The predicted octanol–water partition coefficient (Wildman–Crippen LogP) is 16.1. The number of nitrogens with zero attached hydrogens (tertiary/aromatic N) is 1. The quantitative estimate of drug-likeness (QED) is 0.0468. The maximum absolute atomic E-state index is 6.59. The van der Waals surface area contributed by atoms with Crippen LogP contribution in [0.4, 0.5) is 0 Å². The molecule has 4 fully saturated rings. The Morgan fingerprint density at radius 3 is 2.11 bits per heavy atom. The highest BCUT2D eigenvalue weighted by Crippen LogP contribution is 2.67. The Morgan fingerprint density at radius 1 is 0.672 bits per heavy atom. The fourth-order valence-corrected chi connectivity index (χ4v) is 14.0. The molecule has 0 aromatic heterocycles. The lowest BCUT2D eigenvalue weighted by Gasteiger charge is -2.58. The maximum atomic E-state index is 6.59. The van der Waals surface area contributed by atoms with Gasteiger partial charge in [-0.15, -0.1) is 0 Å². The van der Waals surface area contributed by atoms with Crippen molar-refractivity contribution >= 4 is 0 Å². The van der Waals surface area contributed by atoms with Crippen molar-refractivity contribution in [1.29, 1.82) is 0 Å². The molecule has 372 valence electrons. The van der Waals surface area contributed by atoms with E-state index >= 15 is 0 Å². The van der Waals surface area contributed by atoms with E-state index in [2.05, 4.69) is 64.7 Å². The van der Waals surface area contributed by atoms with E-state index in [-0.39, 0.29) is 6.10 Å². The third-order valence-electron chi connectivity index (χ3n) is 17.9. The number of likely N-dealkylation sites (tertiary alicyclic amines) is 1. The van der Waals surface area contributed by atoms with Gasteiger partial charge in [0.1, 0.15) is 0 Å². The number of rotatable bonds is 35. The molecule has 3 saturated carbocycles. The zero-order valence-corrected chi connectivity index (χ0v) is 43.5. The van der Waals surface area contributed by atoms with E-state index in [1.165, 1.54) is 193 Å². The summed E-state index contributed by atoms with van der Waals surface area (Å²) in [5.74, 6) is 5.43. The van der Waals surface area contributed by atoms with Gasteiger partial charge in [0.25, 0.3) is 0 Å². The molecule has 5 rings (SSSR count). The first-order valence-corrected chi connectivity index (χ1v) is 28.7. The molecule has 1 unspecified atom stereocenters. The lowest BCUT2D eigenvalue weighted by atomic mass is 9.47. The molecule has 64 heavy (non-hydrogen) atoms. The molecule has 0 radical (unpaired) electrons. The zero-order valence-electron chi connectivity index (χ0n) is 43.5. The number of fused-ring (bicyclic) bond motifs is 5. The van der Waals surface area contributed by atoms with Gasteiger partial charge in [0, 0.05) is 26.4 Å². The Kier molecular flexibility index (Phi) is 26.0. The molecule has 0 N–H and O–H groups in total. The van der Waals surface area contributed by atoms with Crippen LogP contribution < -0.4 is 0 Å². The van der Waals surface area contributed by atoms with Crippen molar-refractivity contribution in [2.24, 2.45) is 46.3 Å². The fourth-order valence-electron chi connectivity index (χ4n) is 14.0. The summed E-state index contributed by atoms with van der Waals surface area (Å²) in [4.78, 5) is 2.59. The summed E-state index contributed by atoms with van der Waals surface area (Å²) in [6.45, 7) is 23.0. The summed E-state index contributed by atoms with van der Waals surface area (Å²) >= 11 is 0. The molecule has 1 saturated heterocycles. The van der Waals surface area contributed by atoms with Crippen molar-refractivity contribution in [1.82, 2.24) is 4.90 Å². The van der Waals surface area contributed by atoms with Gasteiger partial charge >= 0.3 is 0 Å². The standard InChI is InChI=1S/C59H107NO4/c1-7-8-9-10-11-12-13-14-15-16-17-18-19-20-21-25-42-62-48-53(47-60-39-23-22-24-40-60)64-45-44-61-41-26-27-43-63-52-35-37-58(5)51(46-52)31-32-54-56-34-33-55(50(4)30-28-29-49(2)3)59(56,6)38-36-57(54)58/h14-15,31,49-50,52-57H,7-13,16-30,32-48H2,1-6H3/b15-14-/t50-,52+,53?,54+,55-,56+,57+,58+,59-/m1/s1. The third kappa shape index (κ3) is 18.0. The number of hydrogen-bond acceptors (Lipinski definition) is 5. The van der Waals surface area contributed by atoms with E-state index in [1.807, 2.05) is 0 Å². The minimum atomic E-state index is 0.137. The second kappa shape index (κ2) is 30.7. The molecule has 4 aliphatic carbocycles. The van der Waals surface area contributed by atoms with Crippen LogP contribution >= 0.6 is 0 Å². The third-order valence-corrected chi connectivity index (χ3v) is 17.9. The van der Waals surface area contributed by atoms with Gasteiger partial charge in [-0.2, -0.15) is 0 Å². The molecule has 9 atom stereocenters. The first-order valence-electron chi connectivity index (χ1n) is 28.7. The summed E-state index contributed by atoms with van der Waals surface area (Å²) < 4.78 is 25.3. The van der Waals surface area contributed by atoms with Crippen LogP contribution in [0.15, 0.2) is 23.8 Å². The van der Waals surface area contributed by atoms with Gasteiger partial charge in [0.2, 0.25) is 0 Å². The summed E-state index contributed by atoms with van der Waals surface area (Å²) in [5.41, 5.74) is 2.74. The van der Waals surface area contributed by atoms with E-state index in [9.17, 15) is 0 Å². The molecule has 1 aliphatic heterocycles. The Labute approximate surface area is 398 Å². The zero-order chi connectivity index (χ0) is 45.3. The van der Waals surface area contributed by atoms with Gasteiger partial charge in [-0.1, -0.05) is 149 Å². The highest BCUT2D eigenvalue weighted by molar-refractivity contribution is 5.25. The van der Waals surface area contributed by atoms with Crippen molar-refractivity contribution in [3.05, 3.63) is 23.8 Å². The SMILES string of the molecule is CCCCCCCC/C=C\CCCCCCCCOCC(CN1CCCCC1)OCCOCCCCO[C@H]1CC[C@@]2(C)C(=CC[C@H]3[C@@H]4CC[C@H]([C@H](C)CCCC(C)C)[C@@]4(C)CC[C@@H]32)C1. The smallest absolute Gasteiger partial charge is 0.0936 e. The number of hydrogen-bond donors (Lipinski definition) is 0. The number of unbranched alkanes of at least 4 members (excludes halogenated alkanes) is 13. The summed E-state index contributed by atoms with van der Waals surface area (Å²) in [7, 11) is 0. The minimum absolute atomic E-state index is 0.137. The van der Waals surface area contributed by atoms with Crippen LogP contribution in [0.2, 0.25) is 0 Å². The van der Waals surface area contributed by atoms with Crippen LogP contribution in [-0.4, -0.2) is 76.4 Å². The van der Waals surface area contributed by atoms with Crippen molar-refractivity contribution in [2.75, 3.05) is 59.3 Å². The molecular formula is C59H107NO4. The summed E-state index contributed by atoms with van der Waals surface area (Å²) in [5, 5.41) is 0. The van der Waals surface area contributed by atoms with Crippen LogP contribution in [0.25, 0.3) is 0 Å². The maximum Gasteiger partial charge on any atom is 0.0936 e. The topological polar surface area (TPSA) is 40.2 Å². The second-order valence-corrected chi connectivity index (χ2v) is 23.2. The molecule has 5 nitrogen and oxygen atoms in total. The average molecular weight is 895 g/mol. The monoisotopic (exact) mass is 894 g/mol. The average Bonchev–Trinajstić information content (AvgIpc) is 3.65.